The van der Waals surface area contributed by atoms with Crippen molar-refractivity contribution >= 4 is 31.9 Å². The third-order valence-corrected chi connectivity index (χ3v) is 6.69. The minimum atomic E-state index is -3.75. The number of ether oxygens (including phenoxy) is 1. The highest BCUT2D eigenvalue weighted by Crippen LogP contribution is 2.22. The van der Waals surface area contributed by atoms with E-state index in [1.807, 2.05) is 0 Å². The molecule has 10 heteroatoms. The van der Waals surface area contributed by atoms with Gasteiger partial charge in [-0.05, 0) is 42.5 Å². The molecule has 0 saturated carbocycles. The maximum absolute atomic E-state index is 13.7. The molecule has 0 N–H and O–H groups in total. The van der Waals surface area contributed by atoms with Crippen molar-refractivity contribution in [3.63, 3.8) is 0 Å². The van der Waals surface area contributed by atoms with Crippen LogP contribution >= 0.6 is 15.9 Å². The van der Waals surface area contributed by atoms with Crippen molar-refractivity contribution in [1.29, 1.82) is 0 Å². The Hall–Kier alpha value is -2.04. The van der Waals surface area contributed by atoms with E-state index >= 15 is 0 Å². The summed E-state index contributed by atoms with van der Waals surface area (Å²) in [7, 11) is -3.75. The van der Waals surface area contributed by atoms with E-state index in [1.54, 1.807) is 6.07 Å². The number of amides is 1. The van der Waals surface area contributed by atoms with Crippen LogP contribution in [0.1, 0.15) is 0 Å². The van der Waals surface area contributed by atoms with Crippen molar-refractivity contribution in [2.45, 2.75) is 4.90 Å². The molecular weight excluding hydrogens is 458 g/mol. The van der Waals surface area contributed by atoms with E-state index < -0.39 is 21.7 Å². The van der Waals surface area contributed by atoms with Gasteiger partial charge in [0.15, 0.2) is 18.2 Å². The number of benzene rings is 2. The van der Waals surface area contributed by atoms with Crippen LogP contribution in [0.5, 0.6) is 5.75 Å². The zero-order chi connectivity index (χ0) is 20.3. The molecule has 0 aliphatic carbocycles. The number of hydrogen-bond donors (Lipinski definition) is 0. The molecule has 0 unspecified atom stereocenters. The molecule has 6 nitrogen and oxygen atoms in total. The molecule has 0 radical (unpaired) electrons. The van der Waals surface area contributed by atoms with Crippen molar-refractivity contribution in [3.8, 4) is 5.75 Å². The largest absolute Gasteiger partial charge is 0.481 e. The van der Waals surface area contributed by atoms with Gasteiger partial charge in [0.1, 0.15) is 5.82 Å². The van der Waals surface area contributed by atoms with Gasteiger partial charge in [-0.1, -0.05) is 15.9 Å². The molecule has 0 aromatic heterocycles. The van der Waals surface area contributed by atoms with Crippen LogP contribution in [0, 0.1) is 11.6 Å². The monoisotopic (exact) mass is 474 g/mol. The molecule has 2 aromatic carbocycles. The van der Waals surface area contributed by atoms with E-state index in [4.69, 9.17) is 4.74 Å². The lowest BCUT2D eigenvalue weighted by molar-refractivity contribution is -0.134. The van der Waals surface area contributed by atoms with Gasteiger partial charge < -0.3 is 9.64 Å². The first-order valence-electron chi connectivity index (χ1n) is 8.39. The molecule has 28 heavy (non-hydrogen) atoms. The topological polar surface area (TPSA) is 66.9 Å². The third kappa shape index (κ3) is 4.68. The average molecular weight is 475 g/mol. The average Bonchev–Trinajstić information content (AvgIpc) is 2.67. The van der Waals surface area contributed by atoms with Gasteiger partial charge in [-0.3, -0.25) is 4.79 Å². The van der Waals surface area contributed by atoms with E-state index in [0.717, 1.165) is 12.1 Å². The molecule has 1 aliphatic rings. The van der Waals surface area contributed by atoms with Crippen LogP contribution in [0.25, 0.3) is 0 Å². The van der Waals surface area contributed by atoms with Crippen LogP contribution in [0.2, 0.25) is 0 Å². The second kappa shape index (κ2) is 8.54. The minimum Gasteiger partial charge on any atom is -0.481 e. The van der Waals surface area contributed by atoms with Gasteiger partial charge in [0, 0.05) is 30.7 Å². The van der Waals surface area contributed by atoms with E-state index in [9.17, 15) is 22.0 Å². The number of halogens is 3. The first-order chi connectivity index (χ1) is 13.3. The van der Waals surface area contributed by atoms with E-state index in [0.29, 0.717) is 4.47 Å². The Morgan fingerprint density at radius 1 is 1.04 bits per heavy atom. The van der Waals surface area contributed by atoms with Crippen LogP contribution in [-0.2, 0) is 14.8 Å². The van der Waals surface area contributed by atoms with Crippen LogP contribution in [-0.4, -0.2) is 56.3 Å². The highest BCUT2D eigenvalue weighted by molar-refractivity contribution is 9.10. The molecule has 1 heterocycles. The molecule has 3 rings (SSSR count). The molecular formula is C18H17BrF2N2O4S. The molecule has 1 amide bonds. The molecule has 0 bridgehead atoms. The van der Waals surface area contributed by atoms with Crippen molar-refractivity contribution < 1.29 is 26.7 Å². The second-order valence-corrected chi connectivity index (χ2v) is 8.96. The van der Waals surface area contributed by atoms with Crippen LogP contribution < -0.4 is 4.74 Å². The van der Waals surface area contributed by atoms with Gasteiger partial charge in [-0.25, -0.2) is 17.2 Å². The highest BCUT2D eigenvalue weighted by atomic mass is 79.9. The van der Waals surface area contributed by atoms with E-state index in [2.05, 4.69) is 15.9 Å². The summed E-state index contributed by atoms with van der Waals surface area (Å²) in [5, 5.41) is 0. The number of rotatable bonds is 5. The van der Waals surface area contributed by atoms with E-state index in [1.165, 1.54) is 33.5 Å². The predicted molar refractivity (Wildman–Crippen MR) is 101 cm³/mol. The lowest BCUT2D eigenvalue weighted by Gasteiger charge is -2.34. The SMILES string of the molecule is O=C(COc1ccc(Br)cc1F)N1CCN(S(=O)(=O)c2ccc(F)cc2)CC1. The van der Waals surface area contributed by atoms with Gasteiger partial charge >= 0.3 is 0 Å². The van der Waals surface area contributed by atoms with Crippen molar-refractivity contribution in [3.05, 3.63) is 58.6 Å². The summed E-state index contributed by atoms with van der Waals surface area (Å²) < 4.78 is 58.9. The Kier molecular flexibility index (Phi) is 6.31. The summed E-state index contributed by atoms with van der Waals surface area (Å²) in [6.07, 6.45) is 0. The number of piperazine rings is 1. The van der Waals surface area contributed by atoms with Gasteiger partial charge in [0.05, 0.1) is 4.90 Å². The van der Waals surface area contributed by atoms with Crippen LogP contribution in [0.4, 0.5) is 8.78 Å². The third-order valence-electron chi connectivity index (χ3n) is 4.29. The fourth-order valence-corrected chi connectivity index (χ4v) is 4.51. The zero-order valence-corrected chi connectivity index (χ0v) is 17.0. The first-order valence-corrected chi connectivity index (χ1v) is 10.6. The molecule has 0 atom stereocenters. The molecule has 2 aromatic rings. The van der Waals surface area contributed by atoms with Crippen LogP contribution in [0.15, 0.2) is 51.8 Å². The van der Waals surface area contributed by atoms with E-state index in [-0.39, 0.29) is 49.3 Å². The van der Waals surface area contributed by atoms with Crippen molar-refractivity contribution in [2.24, 2.45) is 0 Å². The summed E-state index contributed by atoms with van der Waals surface area (Å²) in [5.41, 5.74) is 0. The Bertz CT molecular complexity index is 962. The summed E-state index contributed by atoms with van der Waals surface area (Å²) in [6, 6.07) is 8.85. The first kappa shape index (κ1) is 20.7. The summed E-state index contributed by atoms with van der Waals surface area (Å²) >= 11 is 3.14. The fraction of sp³-hybridized carbons (Fsp3) is 0.278. The fourth-order valence-electron chi connectivity index (χ4n) is 2.76. The lowest BCUT2D eigenvalue weighted by Crippen LogP contribution is -2.51. The number of hydrogen-bond acceptors (Lipinski definition) is 4. The number of nitrogens with zero attached hydrogens (tertiary/aromatic N) is 2. The Morgan fingerprint density at radius 2 is 1.68 bits per heavy atom. The predicted octanol–water partition coefficient (Wildman–Crippen LogP) is 2.64. The molecule has 1 saturated heterocycles. The molecule has 0 spiro atoms. The second-order valence-electron chi connectivity index (χ2n) is 6.10. The van der Waals surface area contributed by atoms with Crippen LogP contribution in [0.3, 0.4) is 0 Å². The standard InChI is InChI=1S/C18H17BrF2N2O4S/c19-13-1-6-17(16(21)11-13)27-12-18(24)22-7-9-23(10-8-22)28(25,26)15-4-2-14(20)3-5-15/h1-6,11H,7-10,12H2. The van der Waals surface area contributed by atoms with Gasteiger partial charge in [-0.15, -0.1) is 0 Å². The molecule has 150 valence electrons. The minimum absolute atomic E-state index is 0.00252. The van der Waals surface area contributed by atoms with Gasteiger partial charge in [0.2, 0.25) is 10.0 Å². The number of carbonyl (C=O) groups excluding carboxylic acids is 1. The maximum Gasteiger partial charge on any atom is 0.260 e. The van der Waals surface area contributed by atoms with Crippen molar-refractivity contribution in [1.82, 2.24) is 9.21 Å². The quantitative estimate of drug-likeness (QED) is 0.667. The lowest BCUT2D eigenvalue weighted by atomic mass is 10.3. The van der Waals surface area contributed by atoms with Gasteiger partial charge in [-0.2, -0.15) is 4.31 Å². The number of carbonyl (C=O) groups is 1. The summed E-state index contributed by atoms with van der Waals surface area (Å²) in [4.78, 5) is 13.7. The Labute approximate surface area is 169 Å². The summed E-state index contributed by atoms with van der Waals surface area (Å²) in [5.74, 6) is -1.50. The zero-order valence-electron chi connectivity index (χ0n) is 14.6. The molecule has 1 fully saturated rings. The number of sulfonamides is 1. The maximum atomic E-state index is 13.7. The smallest absolute Gasteiger partial charge is 0.260 e. The summed E-state index contributed by atoms with van der Waals surface area (Å²) in [6.45, 7) is 0.246. The normalized spacial score (nSPS) is 15.5. The molecule has 1 aliphatic heterocycles. The highest BCUT2D eigenvalue weighted by Gasteiger charge is 2.30. The Balaban J connectivity index is 1.55. The van der Waals surface area contributed by atoms with Crippen molar-refractivity contribution in [2.75, 3.05) is 32.8 Å². The van der Waals surface area contributed by atoms with Gasteiger partial charge in [0.25, 0.3) is 5.91 Å². The Morgan fingerprint density at radius 3 is 2.29 bits per heavy atom.